The lowest BCUT2D eigenvalue weighted by Crippen LogP contribution is -2.27. The van der Waals surface area contributed by atoms with Gasteiger partial charge in [-0.2, -0.15) is 0 Å². The van der Waals surface area contributed by atoms with Crippen molar-refractivity contribution < 1.29 is 0 Å². The fourth-order valence-corrected chi connectivity index (χ4v) is 1.63. The quantitative estimate of drug-likeness (QED) is 0.773. The van der Waals surface area contributed by atoms with Gasteiger partial charge in [-0.3, -0.25) is 0 Å². The van der Waals surface area contributed by atoms with Crippen molar-refractivity contribution in [3.05, 3.63) is 36.3 Å². The molecule has 2 aromatic rings. The number of nitrogens with two attached hydrogens (primary N) is 1. The summed E-state index contributed by atoms with van der Waals surface area (Å²) < 4.78 is 2.05. The van der Waals surface area contributed by atoms with Crippen molar-refractivity contribution in [2.24, 2.45) is 11.1 Å². The maximum Gasteiger partial charge on any atom is 0.136 e. The Balaban J connectivity index is 2.53. The Morgan fingerprint density at radius 1 is 1.33 bits per heavy atom. The maximum absolute atomic E-state index is 6.22. The summed E-state index contributed by atoms with van der Waals surface area (Å²) in [7, 11) is 0. The van der Waals surface area contributed by atoms with Crippen molar-refractivity contribution in [1.29, 1.82) is 0 Å². The highest BCUT2D eigenvalue weighted by molar-refractivity contribution is 5.40. The largest absolute Gasteiger partial charge is 0.322 e. The number of imidazole rings is 1. The third-order valence-corrected chi connectivity index (χ3v) is 2.70. The number of fused-ring (bicyclic) bond motifs is 1. The van der Waals surface area contributed by atoms with Crippen LogP contribution in [0.25, 0.3) is 5.65 Å². The normalized spacial score (nSPS) is 14.4. The average Bonchev–Trinajstić information content (AvgIpc) is 2.58. The van der Waals surface area contributed by atoms with Crippen LogP contribution in [0, 0.1) is 5.41 Å². The van der Waals surface area contributed by atoms with E-state index < -0.39 is 0 Å². The first-order chi connectivity index (χ1) is 7.00. The Morgan fingerprint density at radius 3 is 2.73 bits per heavy atom. The molecule has 0 amide bonds. The standard InChI is InChI=1S/C12H17N3/c1-12(2,3)11(13)9-8-14-10-6-4-5-7-15(9)10/h4-8,11H,13H2,1-3H3. The molecule has 2 rings (SSSR count). The summed E-state index contributed by atoms with van der Waals surface area (Å²) in [4.78, 5) is 4.34. The van der Waals surface area contributed by atoms with Crippen molar-refractivity contribution in [3.63, 3.8) is 0 Å². The molecule has 0 bridgehead atoms. The first kappa shape index (κ1) is 10.2. The van der Waals surface area contributed by atoms with Gasteiger partial charge in [0.25, 0.3) is 0 Å². The monoisotopic (exact) mass is 203 g/mol. The Morgan fingerprint density at radius 2 is 2.07 bits per heavy atom. The molecule has 0 aliphatic carbocycles. The minimum absolute atomic E-state index is 0.00472. The minimum Gasteiger partial charge on any atom is -0.322 e. The van der Waals surface area contributed by atoms with E-state index >= 15 is 0 Å². The molecule has 2 heterocycles. The van der Waals surface area contributed by atoms with Crippen LogP contribution in [0.3, 0.4) is 0 Å². The number of hydrogen-bond acceptors (Lipinski definition) is 2. The van der Waals surface area contributed by atoms with Crippen LogP contribution in [0.2, 0.25) is 0 Å². The summed E-state index contributed by atoms with van der Waals surface area (Å²) in [5.74, 6) is 0. The Bertz CT molecular complexity index is 465. The first-order valence-corrected chi connectivity index (χ1v) is 5.18. The van der Waals surface area contributed by atoms with Crippen molar-refractivity contribution >= 4 is 5.65 Å². The van der Waals surface area contributed by atoms with Crippen LogP contribution in [0.15, 0.2) is 30.6 Å². The summed E-state index contributed by atoms with van der Waals surface area (Å²) in [6.45, 7) is 6.42. The highest BCUT2D eigenvalue weighted by atomic mass is 15.0. The number of hydrogen-bond donors (Lipinski definition) is 1. The molecule has 1 unspecified atom stereocenters. The zero-order chi connectivity index (χ0) is 11.1. The minimum atomic E-state index is -0.00472. The number of nitrogens with zero attached hydrogens (tertiary/aromatic N) is 2. The smallest absolute Gasteiger partial charge is 0.136 e. The zero-order valence-corrected chi connectivity index (χ0v) is 9.44. The topological polar surface area (TPSA) is 43.3 Å². The number of pyridine rings is 1. The van der Waals surface area contributed by atoms with Gasteiger partial charge in [0, 0.05) is 6.20 Å². The predicted molar refractivity (Wildman–Crippen MR) is 61.6 cm³/mol. The van der Waals surface area contributed by atoms with Crippen LogP contribution in [-0.4, -0.2) is 9.38 Å². The summed E-state index contributed by atoms with van der Waals surface area (Å²) in [6.07, 6.45) is 3.87. The van der Waals surface area contributed by atoms with Crippen molar-refractivity contribution in [2.75, 3.05) is 0 Å². The number of aromatic nitrogens is 2. The van der Waals surface area contributed by atoms with Crippen LogP contribution in [0.4, 0.5) is 0 Å². The van der Waals surface area contributed by atoms with Gasteiger partial charge in [-0.25, -0.2) is 4.98 Å². The molecule has 0 aliphatic heterocycles. The average molecular weight is 203 g/mol. The molecule has 0 saturated carbocycles. The molecule has 3 nitrogen and oxygen atoms in total. The van der Waals surface area contributed by atoms with E-state index in [9.17, 15) is 0 Å². The number of rotatable bonds is 1. The van der Waals surface area contributed by atoms with Crippen LogP contribution >= 0.6 is 0 Å². The molecule has 0 radical (unpaired) electrons. The molecule has 2 aromatic heterocycles. The molecule has 0 aliphatic rings. The van der Waals surface area contributed by atoms with Crippen LogP contribution < -0.4 is 5.73 Å². The second-order valence-corrected chi connectivity index (χ2v) is 4.96. The van der Waals surface area contributed by atoms with Gasteiger partial charge in [-0.15, -0.1) is 0 Å². The summed E-state index contributed by atoms with van der Waals surface area (Å²) in [5, 5.41) is 0. The van der Waals surface area contributed by atoms with Gasteiger partial charge in [0.2, 0.25) is 0 Å². The molecule has 1 atom stereocenters. The highest BCUT2D eigenvalue weighted by Gasteiger charge is 2.24. The van der Waals surface area contributed by atoms with Gasteiger partial charge >= 0.3 is 0 Å². The van der Waals surface area contributed by atoms with Crippen molar-refractivity contribution in [3.8, 4) is 0 Å². The highest BCUT2D eigenvalue weighted by Crippen LogP contribution is 2.30. The van der Waals surface area contributed by atoms with Gasteiger partial charge in [0.15, 0.2) is 0 Å². The maximum atomic E-state index is 6.22. The van der Waals surface area contributed by atoms with E-state index in [2.05, 4.69) is 30.2 Å². The molecule has 15 heavy (non-hydrogen) atoms. The van der Waals surface area contributed by atoms with E-state index in [1.165, 1.54) is 0 Å². The van der Waals surface area contributed by atoms with Gasteiger partial charge in [0.1, 0.15) is 5.65 Å². The molecule has 0 spiro atoms. The summed E-state index contributed by atoms with van der Waals surface area (Å²) in [6, 6.07) is 5.95. The Hall–Kier alpha value is -1.35. The second-order valence-electron chi connectivity index (χ2n) is 4.96. The lowest BCUT2D eigenvalue weighted by Gasteiger charge is -2.26. The van der Waals surface area contributed by atoms with Gasteiger partial charge < -0.3 is 10.1 Å². The van der Waals surface area contributed by atoms with E-state index in [4.69, 9.17) is 5.73 Å². The fourth-order valence-electron chi connectivity index (χ4n) is 1.63. The molecule has 0 aromatic carbocycles. The van der Waals surface area contributed by atoms with Gasteiger partial charge in [-0.1, -0.05) is 26.8 Å². The second kappa shape index (κ2) is 3.35. The van der Waals surface area contributed by atoms with Crippen LogP contribution in [0.5, 0.6) is 0 Å². The van der Waals surface area contributed by atoms with E-state index in [1.807, 2.05) is 30.6 Å². The predicted octanol–water partition coefficient (Wildman–Crippen LogP) is 2.38. The molecule has 2 N–H and O–H groups in total. The fraction of sp³-hybridized carbons (Fsp3) is 0.417. The Kier molecular flexibility index (Phi) is 2.27. The zero-order valence-electron chi connectivity index (χ0n) is 9.44. The van der Waals surface area contributed by atoms with Crippen LogP contribution in [0.1, 0.15) is 32.5 Å². The van der Waals surface area contributed by atoms with Gasteiger partial charge in [-0.05, 0) is 17.5 Å². The molecule has 0 saturated heterocycles. The van der Waals surface area contributed by atoms with E-state index in [0.29, 0.717) is 0 Å². The summed E-state index contributed by atoms with van der Waals surface area (Å²) >= 11 is 0. The third-order valence-electron chi connectivity index (χ3n) is 2.70. The lowest BCUT2D eigenvalue weighted by molar-refractivity contribution is 0.320. The molecule has 3 heteroatoms. The van der Waals surface area contributed by atoms with E-state index in [1.54, 1.807) is 0 Å². The molecule has 0 fully saturated rings. The van der Waals surface area contributed by atoms with E-state index in [-0.39, 0.29) is 11.5 Å². The third kappa shape index (κ3) is 1.75. The van der Waals surface area contributed by atoms with E-state index in [0.717, 1.165) is 11.3 Å². The molecule has 80 valence electrons. The van der Waals surface area contributed by atoms with Crippen LogP contribution in [-0.2, 0) is 0 Å². The SMILES string of the molecule is CC(C)(C)C(N)c1cnc2ccccn12. The first-order valence-electron chi connectivity index (χ1n) is 5.18. The molecular formula is C12H17N3. The summed E-state index contributed by atoms with van der Waals surface area (Å²) in [5.41, 5.74) is 8.29. The van der Waals surface area contributed by atoms with Crippen molar-refractivity contribution in [1.82, 2.24) is 9.38 Å². The lowest BCUT2D eigenvalue weighted by atomic mass is 9.86. The van der Waals surface area contributed by atoms with Gasteiger partial charge in [0.05, 0.1) is 17.9 Å². The van der Waals surface area contributed by atoms with Crippen molar-refractivity contribution in [2.45, 2.75) is 26.8 Å². The Labute approximate surface area is 89.9 Å². The molecular weight excluding hydrogens is 186 g/mol.